The van der Waals surface area contributed by atoms with Crippen molar-refractivity contribution < 1.29 is 13.5 Å². The zero-order valence-electron chi connectivity index (χ0n) is 20.8. The predicted octanol–water partition coefficient (Wildman–Crippen LogP) is 4.24. The van der Waals surface area contributed by atoms with Crippen LogP contribution in [0.5, 0.6) is 0 Å². The molecule has 1 aromatic carbocycles. The van der Waals surface area contributed by atoms with E-state index in [2.05, 4.69) is 34.4 Å². The van der Waals surface area contributed by atoms with Crippen LogP contribution in [0.1, 0.15) is 26.0 Å². The zero-order chi connectivity index (χ0) is 25.0. The molecule has 0 bridgehead atoms. The molecule has 2 aliphatic rings. The first-order valence-corrected chi connectivity index (χ1v) is 12.5. The van der Waals surface area contributed by atoms with Crippen LogP contribution in [0.4, 0.5) is 26.0 Å². The van der Waals surface area contributed by atoms with Gasteiger partial charge in [0.2, 0.25) is 0 Å². The van der Waals surface area contributed by atoms with Crippen LogP contribution >= 0.6 is 0 Å². The fourth-order valence-corrected chi connectivity index (χ4v) is 5.54. The Morgan fingerprint density at radius 1 is 1.11 bits per heavy atom. The molecule has 2 aliphatic heterocycles. The van der Waals surface area contributed by atoms with Crippen LogP contribution in [0, 0.1) is 24.5 Å². The van der Waals surface area contributed by atoms with Crippen molar-refractivity contribution in [2.24, 2.45) is 5.92 Å². The van der Waals surface area contributed by atoms with Gasteiger partial charge in [-0.25, -0.2) is 13.8 Å². The van der Waals surface area contributed by atoms with Crippen molar-refractivity contribution in [2.45, 2.75) is 45.8 Å². The Bertz CT molecular complexity index is 1420. The molecule has 0 radical (unpaired) electrons. The molecule has 36 heavy (non-hydrogen) atoms. The summed E-state index contributed by atoms with van der Waals surface area (Å²) in [6.07, 6.45) is 4.44. The molecule has 4 aromatic rings. The van der Waals surface area contributed by atoms with Gasteiger partial charge in [-0.2, -0.15) is 5.10 Å². The molecule has 2 fully saturated rings. The monoisotopic (exact) mass is 495 g/mol. The molecule has 190 valence electrons. The smallest absolute Gasteiger partial charge is 0.173 e. The van der Waals surface area contributed by atoms with Crippen molar-refractivity contribution in [3.05, 3.63) is 47.9 Å². The Kier molecular flexibility index (Phi) is 5.80. The Labute approximate surface area is 208 Å². The summed E-state index contributed by atoms with van der Waals surface area (Å²) in [7, 11) is 0. The molecule has 3 atom stereocenters. The van der Waals surface area contributed by atoms with E-state index in [0.29, 0.717) is 48.0 Å². The summed E-state index contributed by atoms with van der Waals surface area (Å²) in [5.74, 6) is -0.123. The van der Waals surface area contributed by atoms with Gasteiger partial charge < -0.3 is 24.7 Å². The van der Waals surface area contributed by atoms with E-state index in [1.165, 1.54) is 6.07 Å². The fraction of sp³-hybridized carbons (Fsp3) is 0.462. The van der Waals surface area contributed by atoms with Gasteiger partial charge in [-0.3, -0.25) is 4.68 Å². The first-order chi connectivity index (χ1) is 17.3. The van der Waals surface area contributed by atoms with Crippen molar-refractivity contribution in [3.8, 4) is 0 Å². The van der Waals surface area contributed by atoms with Crippen LogP contribution in [0.25, 0.3) is 16.6 Å². The number of aryl methyl sites for hydroxylation is 1. The highest BCUT2D eigenvalue weighted by atomic mass is 19.1. The Morgan fingerprint density at radius 2 is 1.92 bits per heavy atom. The number of halogens is 2. The average Bonchev–Trinajstić information content (AvgIpc) is 3.53. The third-order valence-corrected chi connectivity index (χ3v) is 7.06. The van der Waals surface area contributed by atoms with Gasteiger partial charge in [-0.05, 0) is 39.3 Å². The van der Waals surface area contributed by atoms with Crippen molar-refractivity contribution in [2.75, 3.05) is 36.5 Å². The predicted molar refractivity (Wildman–Crippen MR) is 136 cm³/mol. The number of fused-ring (bicyclic) bond motifs is 2. The number of rotatable bonds is 5. The molecular formula is C26H31F2N7O. The number of benzene rings is 1. The number of pyridine rings is 1. The van der Waals surface area contributed by atoms with Crippen LogP contribution in [-0.4, -0.2) is 57.6 Å². The molecule has 8 nitrogen and oxygen atoms in total. The number of anilines is 3. The molecule has 1 unspecified atom stereocenters. The lowest BCUT2D eigenvalue weighted by molar-refractivity contribution is 0.182. The molecule has 10 heteroatoms. The van der Waals surface area contributed by atoms with Gasteiger partial charge in [0.05, 0.1) is 28.9 Å². The molecule has 2 saturated heterocycles. The second-order valence-corrected chi connectivity index (χ2v) is 10.3. The van der Waals surface area contributed by atoms with Gasteiger partial charge in [-0.1, -0.05) is 0 Å². The molecule has 0 amide bonds. The maximum absolute atomic E-state index is 15.8. The largest absolute Gasteiger partial charge is 0.381 e. The van der Waals surface area contributed by atoms with Crippen LogP contribution in [0.15, 0.2) is 30.6 Å². The van der Waals surface area contributed by atoms with E-state index < -0.39 is 5.82 Å². The minimum absolute atomic E-state index is 0.255. The molecule has 5 heterocycles. The number of ether oxygens (including phenoxy) is 1. The number of imidazole rings is 1. The quantitative estimate of drug-likeness (QED) is 0.432. The Morgan fingerprint density at radius 3 is 2.67 bits per heavy atom. The number of piperazine rings is 1. The van der Waals surface area contributed by atoms with Crippen LogP contribution < -0.4 is 15.5 Å². The van der Waals surface area contributed by atoms with Gasteiger partial charge in [0, 0.05) is 68.4 Å². The van der Waals surface area contributed by atoms with Gasteiger partial charge in [0.15, 0.2) is 17.3 Å². The van der Waals surface area contributed by atoms with E-state index in [1.807, 2.05) is 17.7 Å². The Balaban J connectivity index is 1.42. The first-order valence-electron chi connectivity index (χ1n) is 12.5. The molecule has 2 N–H and O–H groups in total. The summed E-state index contributed by atoms with van der Waals surface area (Å²) in [4.78, 5) is 6.43. The average molecular weight is 496 g/mol. The van der Waals surface area contributed by atoms with Crippen molar-refractivity contribution in [1.82, 2.24) is 24.5 Å². The summed E-state index contributed by atoms with van der Waals surface area (Å²) >= 11 is 0. The number of nitrogens with zero attached hydrogens (tertiary/aromatic N) is 5. The van der Waals surface area contributed by atoms with E-state index in [9.17, 15) is 4.39 Å². The number of hydrogen-bond acceptors (Lipinski definition) is 6. The molecule has 0 saturated carbocycles. The topological polar surface area (TPSA) is 71.7 Å². The van der Waals surface area contributed by atoms with E-state index in [0.717, 1.165) is 43.0 Å². The molecule has 6 rings (SSSR count). The summed E-state index contributed by atoms with van der Waals surface area (Å²) in [5, 5.41) is 11.9. The second kappa shape index (κ2) is 9.01. The van der Waals surface area contributed by atoms with E-state index in [4.69, 9.17) is 9.84 Å². The normalized spacial score (nSPS) is 22.7. The van der Waals surface area contributed by atoms with Gasteiger partial charge in [0.25, 0.3) is 0 Å². The summed E-state index contributed by atoms with van der Waals surface area (Å²) < 4.78 is 39.5. The number of aromatic nitrogens is 4. The fourth-order valence-electron chi connectivity index (χ4n) is 5.54. The van der Waals surface area contributed by atoms with E-state index in [-0.39, 0.29) is 11.5 Å². The standard InChI is InChI=1S/C26H31F2N7O/c1-15-9-33(10-16(2)29-15)20-7-21(27)24-23(8-20)35(12-18-4-5-36-14-18)32-25(24)31-19-6-22(28)26-30-17(3)11-34(26)13-19/h6-8,11,13,15-16,18,29H,4-5,9-10,12,14H2,1-3H3,(H,31,32)/t15-,16-,18?/m0/s1. The maximum atomic E-state index is 15.8. The highest BCUT2D eigenvalue weighted by Crippen LogP contribution is 2.34. The van der Waals surface area contributed by atoms with Crippen molar-refractivity contribution in [1.29, 1.82) is 0 Å². The highest BCUT2D eigenvalue weighted by Gasteiger charge is 2.25. The molecule has 0 aliphatic carbocycles. The summed E-state index contributed by atoms with van der Waals surface area (Å²) in [5.41, 5.74) is 3.01. The zero-order valence-corrected chi connectivity index (χ0v) is 20.8. The van der Waals surface area contributed by atoms with Crippen molar-refractivity contribution >= 4 is 33.7 Å². The van der Waals surface area contributed by atoms with Crippen LogP contribution in [0.3, 0.4) is 0 Å². The minimum Gasteiger partial charge on any atom is -0.381 e. The van der Waals surface area contributed by atoms with Gasteiger partial charge >= 0.3 is 0 Å². The number of nitrogens with one attached hydrogen (secondary N) is 2. The van der Waals surface area contributed by atoms with Crippen LogP contribution in [-0.2, 0) is 11.3 Å². The Hall–Kier alpha value is -3.24. The number of hydrogen-bond donors (Lipinski definition) is 2. The highest BCUT2D eigenvalue weighted by molar-refractivity contribution is 5.94. The molecular weight excluding hydrogens is 464 g/mol. The maximum Gasteiger partial charge on any atom is 0.173 e. The lowest BCUT2D eigenvalue weighted by Crippen LogP contribution is -2.54. The van der Waals surface area contributed by atoms with E-state index in [1.54, 1.807) is 22.9 Å². The lowest BCUT2D eigenvalue weighted by atomic mass is 10.1. The summed E-state index contributed by atoms with van der Waals surface area (Å²) in [6, 6.07) is 5.60. The third kappa shape index (κ3) is 4.28. The third-order valence-electron chi connectivity index (χ3n) is 7.06. The van der Waals surface area contributed by atoms with E-state index >= 15 is 4.39 Å². The lowest BCUT2D eigenvalue weighted by Gasteiger charge is -2.37. The molecule has 0 spiro atoms. The minimum atomic E-state index is -0.454. The van der Waals surface area contributed by atoms with Crippen LogP contribution in [0.2, 0.25) is 0 Å². The first kappa shape index (κ1) is 23.2. The van der Waals surface area contributed by atoms with Gasteiger partial charge in [-0.15, -0.1) is 0 Å². The second-order valence-electron chi connectivity index (χ2n) is 10.3. The van der Waals surface area contributed by atoms with Gasteiger partial charge in [0.1, 0.15) is 5.82 Å². The molecule has 3 aromatic heterocycles. The SMILES string of the molecule is Cc1cn2cc(Nc3nn(CC4CCOC4)c4cc(N5C[C@H](C)N[C@@H](C)C5)cc(F)c34)cc(F)c2n1. The summed E-state index contributed by atoms with van der Waals surface area (Å²) in [6.45, 7) is 9.72. The van der Waals surface area contributed by atoms with Crippen molar-refractivity contribution in [3.63, 3.8) is 0 Å².